The van der Waals surface area contributed by atoms with Gasteiger partial charge in [0, 0.05) is 18.7 Å². The average Bonchev–Trinajstić information content (AvgIpc) is 3.42. The summed E-state index contributed by atoms with van der Waals surface area (Å²) < 4.78 is 5.17. The first kappa shape index (κ1) is 18.7. The maximum Gasteiger partial charge on any atom is 0.223 e. The Morgan fingerprint density at radius 1 is 1.29 bits per heavy atom. The van der Waals surface area contributed by atoms with E-state index in [-0.39, 0.29) is 23.8 Å². The van der Waals surface area contributed by atoms with Gasteiger partial charge in [0.2, 0.25) is 5.95 Å². The van der Waals surface area contributed by atoms with E-state index in [0.29, 0.717) is 23.1 Å². The molecule has 1 saturated carbocycles. The molecule has 3 heterocycles. The molecule has 3 aromatic rings. The summed E-state index contributed by atoms with van der Waals surface area (Å²) in [7, 11) is 0. The molecule has 0 radical (unpaired) electrons. The van der Waals surface area contributed by atoms with Crippen molar-refractivity contribution < 1.29 is 9.63 Å². The van der Waals surface area contributed by atoms with E-state index >= 15 is 0 Å². The number of nitrogens with two attached hydrogens (primary N) is 1. The van der Waals surface area contributed by atoms with E-state index in [0.717, 1.165) is 29.0 Å². The minimum Gasteiger partial charge on any atom is -0.396 e. The van der Waals surface area contributed by atoms with Crippen molar-refractivity contribution in [3.05, 3.63) is 40.0 Å². The van der Waals surface area contributed by atoms with E-state index in [1.165, 1.54) is 11.3 Å². The summed E-state index contributed by atoms with van der Waals surface area (Å²) in [5, 5.41) is 16.7. The molecule has 2 atom stereocenters. The largest absolute Gasteiger partial charge is 0.396 e. The molecule has 4 rings (SSSR count). The summed E-state index contributed by atoms with van der Waals surface area (Å²) in [6, 6.07) is 5.85. The van der Waals surface area contributed by atoms with Crippen molar-refractivity contribution in [2.24, 2.45) is 5.92 Å². The second kappa shape index (κ2) is 8.19. The van der Waals surface area contributed by atoms with Gasteiger partial charge in [0.05, 0.1) is 16.0 Å². The van der Waals surface area contributed by atoms with Gasteiger partial charge in [-0.05, 0) is 37.3 Å². The number of halogens is 1. The van der Waals surface area contributed by atoms with E-state index in [4.69, 9.17) is 21.9 Å². The van der Waals surface area contributed by atoms with E-state index in [2.05, 4.69) is 32.3 Å². The van der Waals surface area contributed by atoms with Crippen LogP contribution in [0.5, 0.6) is 0 Å². The van der Waals surface area contributed by atoms with Crippen LogP contribution in [0.1, 0.15) is 29.7 Å². The Kier molecular flexibility index (Phi) is 5.48. The lowest BCUT2D eigenvalue weighted by Gasteiger charge is -2.15. The van der Waals surface area contributed by atoms with Crippen molar-refractivity contribution in [1.29, 1.82) is 0 Å². The SMILES string of the molecule is Nc1nc(Cl)c(C#Cc2ccc(-c3ccno3)s2)c(N[C@H]2CCC(CO)C2)n1. The third kappa shape index (κ3) is 4.12. The molecule has 28 heavy (non-hydrogen) atoms. The van der Waals surface area contributed by atoms with Gasteiger partial charge in [-0.1, -0.05) is 28.6 Å². The summed E-state index contributed by atoms with van der Waals surface area (Å²) >= 11 is 7.79. The van der Waals surface area contributed by atoms with Gasteiger partial charge in [-0.3, -0.25) is 0 Å². The van der Waals surface area contributed by atoms with E-state index in [9.17, 15) is 5.11 Å². The quantitative estimate of drug-likeness (QED) is 0.442. The van der Waals surface area contributed by atoms with Crippen LogP contribution in [0.25, 0.3) is 10.6 Å². The number of aliphatic hydroxyl groups excluding tert-OH is 1. The first-order chi connectivity index (χ1) is 13.6. The molecule has 0 bridgehead atoms. The van der Waals surface area contributed by atoms with Crippen LogP contribution in [-0.4, -0.2) is 32.9 Å². The van der Waals surface area contributed by atoms with Gasteiger partial charge in [-0.15, -0.1) is 11.3 Å². The summed E-state index contributed by atoms with van der Waals surface area (Å²) in [6.07, 6.45) is 4.40. The van der Waals surface area contributed by atoms with E-state index < -0.39 is 0 Å². The molecular weight excluding hydrogens is 398 g/mol. The Morgan fingerprint density at radius 2 is 2.18 bits per heavy atom. The number of aromatic nitrogens is 3. The lowest BCUT2D eigenvalue weighted by Crippen LogP contribution is -2.19. The van der Waals surface area contributed by atoms with Crippen molar-refractivity contribution in [3.8, 4) is 22.5 Å². The number of nitrogens with zero attached hydrogens (tertiary/aromatic N) is 3. The molecule has 1 aliphatic carbocycles. The summed E-state index contributed by atoms with van der Waals surface area (Å²) in [5.74, 6) is 7.82. The zero-order valence-electron chi connectivity index (χ0n) is 14.9. The van der Waals surface area contributed by atoms with E-state index in [1.54, 1.807) is 12.3 Å². The number of rotatable bonds is 4. The van der Waals surface area contributed by atoms with Crippen LogP contribution < -0.4 is 11.1 Å². The molecule has 144 valence electrons. The second-order valence-corrected chi connectivity index (χ2v) is 8.03. The van der Waals surface area contributed by atoms with Crippen molar-refractivity contribution in [2.75, 3.05) is 17.7 Å². The fourth-order valence-electron chi connectivity index (χ4n) is 3.23. The maximum atomic E-state index is 9.35. The number of aliphatic hydroxyl groups is 1. The lowest BCUT2D eigenvalue weighted by atomic mass is 10.1. The minimum atomic E-state index is 0.0958. The predicted molar refractivity (Wildman–Crippen MR) is 109 cm³/mol. The number of hydrogen-bond donors (Lipinski definition) is 3. The first-order valence-corrected chi connectivity index (χ1v) is 10.0. The third-order valence-electron chi connectivity index (χ3n) is 4.62. The molecule has 0 spiro atoms. The van der Waals surface area contributed by atoms with Crippen LogP contribution in [0.15, 0.2) is 28.9 Å². The van der Waals surface area contributed by atoms with Crippen LogP contribution in [0.4, 0.5) is 11.8 Å². The highest BCUT2D eigenvalue weighted by atomic mass is 35.5. The maximum absolute atomic E-state index is 9.35. The molecule has 0 aromatic carbocycles. The molecule has 1 fully saturated rings. The van der Waals surface area contributed by atoms with Gasteiger partial charge in [-0.2, -0.15) is 9.97 Å². The zero-order valence-corrected chi connectivity index (χ0v) is 16.4. The van der Waals surface area contributed by atoms with Gasteiger partial charge < -0.3 is 20.7 Å². The molecule has 9 heteroatoms. The van der Waals surface area contributed by atoms with Gasteiger partial charge >= 0.3 is 0 Å². The highest BCUT2D eigenvalue weighted by Crippen LogP contribution is 2.30. The van der Waals surface area contributed by atoms with Crippen LogP contribution in [0.3, 0.4) is 0 Å². The van der Waals surface area contributed by atoms with Crippen LogP contribution >= 0.6 is 22.9 Å². The number of hydrogen-bond acceptors (Lipinski definition) is 8. The van der Waals surface area contributed by atoms with Crippen molar-refractivity contribution in [2.45, 2.75) is 25.3 Å². The standard InChI is InChI=1S/C19H18ClN5O2S/c20-17-14(5-3-13-4-6-16(28-13)15-7-8-22-27-15)18(25-19(21)24-17)23-12-2-1-11(9-12)10-26/h4,6-8,11-12,26H,1-2,9-10H2,(H3,21,23,24,25)/t11?,12-/m0/s1. The molecule has 4 N–H and O–H groups in total. The molecule has 0 amide bonds. The fraction of sp³-hybridized carbons (Fsp3) is 0.316. The number of anilines is 2. The highest BCUT2D eigenvalue weighted by molar-refractivity contribution is 7.15. The van der Waals surface area contributed by atoms with Gasteiger partial charge in [0.15, 0.2) is 10.9 Å². The van der Waals surface area contributed by atoms with Crippen molar-refractivity contribution in [3.63, 3.8) is 0 Å². The Labute approximate surface area is 170 Å². The fourth-order valence-corrected chi connectivity index (χ4v) is 4.27. The molecule has 1 aliphatic rings. The first-order valence-electron chi connectivity index (χ1n) is 8.85. The topological polar surface area (TPSA) is 110 Å². The van der Waals surface area contributed by atoms with Crippen molar-refractivity contribution >= 4 is 34.7 Å². The Morgan fingerprint density at radius 3 is 2.93 bits per heavy atom. The lowest BCUT2D eigenvalue weighted by molar-refractivity contribution is 0.229. The predicted octanol–water partition coefficient (Wildman–Crippen LogP) is 3.40. The van der Waals surface area contributed by atoms with Crippen LogP contribution in [0.2, 0.25) is 5.15 Å². The van der Waals surface area contributed by atoms with Gasteiger partial charge in [0.1, 0.15) is 11.4 Å². The Balaban J connectivity index is 1.59. The van der Waals surface area contributed by atoms with E-state index in [1.807, 2.05) is 12.1 Å². The minimum absolute atomic E-state index is 0.0958. The van der Waals surface area contributed by atoms with Crippen LogP contribution in [0, 0.1) is 17.8 Å². The average molecular weight is 416 g/mol. The molecule has 1 unspecified atom stereocenters. The number of thiophene rings is 1. The number of nitrogen functional groups attached to an aromatic ring is 1. The summed E-state index contributed by atoms with van der Waals surface area (Å²) in [6.45, 7) is 0.198. The third-order valence-corrected chi connectivity index (χ3v) is 5.91. The molecule has 3 aromatic heterocycles. The highest BCUT2D eigenvalue weighted by Gasteiger charge is 2.25. The molecule has 0 aliphatic heterocycles. The van der Waals surface area contributed by atoms with Crippen LogP contribution in [-0.2, 0) is 0 Å². The Bertz CT molecular complexity index is 1020. The molecular formula is C19H18ClN5O2S. The number of nitrogens with one attached hydrogen (secondary N) is 1. The smallest absolute Gasteiger partial charge is 0.223 e. The van der Waals surface area contributed by atoms with Crippen molar-refractivity contribution in [1.82, 2.24) is 15.1 Å². The zero-order chi connectivity index (χ0) is 19.5. The summed E-state index contributed by atoms with van der Waals surface area (Å²) in [4.78, 5) is 10.1. The monoisotopic (exact) mass is 415 g/mol. The Hall–Kier alpha value is -2.60. The molecule has 0 saturated heterocycles. The second-order valence-electron chi connectivity index (χ2n) is 6.59. The van der Waals surface area contributed by atoms with Gasteiger partial charge in [-0.25, -0.2) is 0 Å². The summed E-state index contributed by atoms with van der Waals surface area (Å²) in [5.41, 5.74) is 6.28. The normalized spacial score (nSPS) is 18.6. The van der Waals surface area contributed by atoms with Gasteiger partial charge in [0.25, 0.3) is 0 Å². The molecule has 7 nitrogen and oxygen atoms in total.